The van der Waals surface area contributed by atoms with Gasteiger partial charge in [0.05, 0.1) is 24.9 Å². The molecule has 1 aliphatic heterocycles. The zero-order valence-corrected chi connectivity index (χ0v) is 18.9. The molecular weight excluding hydrogens is 451 g/mol. The van der Waals surface area contributed by atoms with Crippen molar-refractivity contribution in [2.24, 2.45) is 5.92 Å². The molecule has 0 aliphatic carbocycles. The standard InChI is InChI=1S/C20H22Cl2N2O5S/c1-28-15-4-6-18(29-2)19(12-15)30(26,27)24-9-7-13(8-10-24)20(25)23-17-11-14(21)3-5-16(17)22/h3-6,11-13H,7-10H2,1-2H3,(H,23,25). The predicted octanol–water partition coefficient (Wildman–Crippen LogP) is 4.05. The molecule has 1 fully saturated rings. The molecular formula is C20H22Cl2N2O5S. The topological polar surface area (TPSA) is 84.9 Å². The fraction of sp³-hybridized carbons (Fsp3) is 0.350. The number of carbonyl (C=O) groups excluding carboxylic acids is 1. The van der Waals surface area contributed by atoms with Crippen molar-refractivity contribution in [2.45, 2.75) is 17.7 Å². The maximum atomic E-state index is 13.1. The largest absolute Gasteiger partial charge is 0.497 e. The van der Waals surface area contributed by atoms with Crippen LogP contribution < -0.4 is 14.8 Å². The van der Waals surface area contributed by atoms with Gasteiger partial charge in [0.15, 0.2) is 0 Å². The summed E-state index contributed by atoms with van der Waals surface area (Å²) in [7, 11) is -0.918. The van der Waals surface area contributed by atoms with Crippen molar-refractivity contribution >= 4 is 44.8 Å². The number of anilines is 1. The minimum Gasteiger partial charge on any atom is -0.497 e. The van der Waals surface area contributed by atoms with Crippen LogP contribution in [0.5, 0.6) is 11.5 Å². The molecule has 0 atom stereocenters. The molecule has 1 saturated heterocycles. The number of carbonyl (C=O) groups is 1. The Morgan fingerprint density at radius 1 is 1.07 bits per heavy atom. The molecule has 2 aromatic carbocycles. The van der Waals surface area contributed by atoms with Crippen molar-refractivity contribution in [3.05, 3.63) is 46.4 Å². The van der Waals surface area contributed by atoms with E-state index in [1.807, 2.05) is 0 Å². The number of piperidine rings is 1. The summed E-state index contributed by atoms with van der Waals surface area (Å²) >= 11 is 12.1. The first kappa shape index (κ1) is 22.7. The molecule has 1 heterocycles. The second-order valence-corrected chi connectivity index (χ2v) is 9.56. The molecule has 0 bridgehead atoms. The fourth-order valence-electron chi connectivity index (χ4n) is 3.31. The van der Waals surface area contributed by atoms with E-state index >= 15 is 0 Å². The van der Waals surface area contributed by atoms with E-state index < -0.39 is 10.0 Å². The number of rotatable bonds is 6. The first-order valence-electron chi connectivity index (χ1n) is 9.24. The van der Waals surface area contributed by atoms with Crippen LogP contribution in [0.3, 0.4) is 0 Å². The summed E-state index contributed by atoms with van der Waals surface area (Å²) in [5.41, 5.74) is 0.435. The van der Waals surface area contributed by atoms with Gasteiger partial charge in [0, 0.05) is 30.1 Å². The van der Waals surface area contributed by atoms with E-state index in [1.165, 1.54) is 24.6 Å². The molecule has 1 amide bonds. The SMILES string of the molecule is COc1ccc(OC)c(S(=O)(=O)N2CCC(C(=O)Nc3cc(Cl)ccc3Cl)CC2)c1. The highest BCUT2D eigenvalue weighted by molar-refractivity contribution is 7.89. The smallest absolute Gasteiger partial charge is 0.246 e. The van der Waals surface area contributed by atoms with Crippen molar-refractivity contribution in [1.82, 2.24) is 4.31 Å². The van der Waals surface area contributed by atoms with Crippen LogP contribution >= 0.6 is 23.2 Å². The number of halogens is 2. The average Bonchev–Trinajstić information content (AvgIpc) is 2.75. The molecule has 10 heteroatoms. The molecule has 0 aromatic heterocycles. The van der Waals surface area contributed by atoms with Crippen LogP contribution in [0.15, 0.2) is 41.3 Å². The minimum atomic E-state index is -3.80. The van der Waals surface area contributed by atoms with Gasteiger partial charge in [-0.1, -0.05) is 23.2 Å². The van der Waals surface area contributed by atoms with Crippen LogP contribution in [-0.2, 0) is 14.8 Å². The highest BCUT2D eigenvalue weighted by Crippen LogP contribution is 2.33. The summed E-state index contributed by atoms with van der Waals surface area (Å²) < 4.78 is 38.0. The number of sulfonamides is 1. The molecule has 7 nitrogen and oxygen atoms in total. The highest BCUT2D eigenvalue weighted by atomic mass is 35.5. The molecule has 0 spiro atoms. The average molecular weight is 473 g/mol. The lowest BCUT2D eigenvalue weighted by atomic mass is 9.97. The summed E-state index contributed by atoms with van der Waals surface area (Å²) in [6.45, 7) is 0.425. The number of amides is 1. The lowest BCUT2D eigenvalue weighted by molar-refractivity contribution is -0.120. The molecule has 0 saturated carbocycles. The van der Waals surface area contributed by atoms with Gasteiger partial charge < -0.3 is 14.8 Å². The summed E-state index contributed by atoms with van der Waals surface area (Å²) in [5, 5.41) is 3.63. The van der Waals surface area contributed by atoms with E-state index in [1.54, 1.807) is 30.3 Å². The summed E-state index contributed by atoms with van der Waals surface area (Å²) in [6, 6.07) is 9.45. The Hall–Kier alpha value is -2.00. The number of ether oxygens (including phenoxy) is 2. The van der Waals surface area contributed by atoms with Gasteiger partial charge in [-0.3, -0.25) is 4.79 Å². The number of hydrogen-bond acceptors (Lipinski definition) is 5. The van der Waals surface area contributed by atoms with Gasteiger partial charge >= 0.3 is 0 Å². The zero-order chi connectivity index (χ0) is 21.9. The molecule has 1 N–H and O–H groups in total. The van der Waals surface area contributed by atoms with Crippen molar-refractivity contribution in [2.75, 3.05) is 32.6 Å². The highest BCUT2D eigenvalue weighted by Gasteiger charge is 2.34. The third kappa shape index (κ3) is 4.83. The van der Waals surface area contributed by atoms with Gasteiger partial charge in [-0.15, -0.1) is 0 Å². The van der Waals surface area contributed by atoms with Gasteiger partial charge in [0.1, 0.15) is 16.4 Å². The first-order valence-corrected chi connectivity index (χ1v) is 11.4. The van der Waals surface area contributed by atoms with Gasteiger partial charge in [-0.05, 0) is 43.2 Å². The predicted molar refractivity (Wildman–Crippen MR) is 116 cm³/mol. The number of nitrogens with one attached hydrogen (secondary N) is 1. The maximum absolute atomic E-state index is 13.1. The first-order chi connectivity index (χ1) is 14.3. The van der Waals surface area contributed by atoms with Crippen molar-refractivity contribution in [3.8, 4) is 11.5 Å². The zero-order valence-electron chi connectivity index (χ0n) is 16.5. The maximum Gasteiger partial charge on any atom is 0.246 e. The molecule has 3 rings (SSSR count). The van der Waals surface area contributed by atoms with Crippen molar-refractivity contribution in [3.63, 3.8) is 0 Å². The third-order valence-corrected chi connectivity index (χ3v) is 7.48. The Bertz CT molecular complexity index is 1040. The number of hydrogen-bond donors (Lipinski definition) is 1. The summed E-state index contributed by atoms with van der Waals surface area (Å²) in [4.78, 5) is 12.7. The van der Waals surface area contributed by atoms with Crippen molar-refractivity contribution < 1.29 is 22.7 Å². The monoisotopic (exact) mass is 472 g/mol. The van der Waals surface area contributed by atoms with Gasteiger partial charge in [-0.2, -0.15) is 4.31 Å². The van der Waals surface area contributed by atoms with E-state index in [2.05, 4.69) is 5.32 Å². The minimum absolute atomic E-state index is 0.0398. The van der Waals surface area contributed by atoms with Gasteiger partial charge in [-0.25, -0.2) is 8.42 Å². The lowest BCUT2D eigenvalue weighted by Gasteiger charge is -2.31. The lowest BCUT2D eigenvalue weighted by Crippen LogP contribution is -2.41. The second-order valence-electron chi connectivity index (χ2n) is 6.81. The molecule has 162 valence electrons. The number of nitrogens with zero attached hydrogens (tertiary/aromatic N) is 1. The Morgan fingerprint density at radius 2 is 1.77 bits per heavy atom. The fourth-order valence-corrected chi connectivity index (χ4v) is 5.29. The van der Waals surface area contributed by atoms with Gasteiger partial charge in [0.2, 0.25) is 15.9 Å². The van der Waals surface area contributed by atoms with E-state index in [0.29, 0.717) is 34.3 Å². The Morgan fingerprint density at radius 3 is 2.40 bits per heavy atom. The Kier molecular flexibility index (Phi) is 7.13. The summed E-state index contributed by atoms with van der Waals surface area (Å²) in [6.07, 6.45) is 0.769. The van der Waals surface area contributed by atoms with Crippen LogP contribution in [0.1, 0.15) is 12.8 Å². The van der Waals surface area contributed by atoms with E-state index in [0.717, 1.165) is 0 Å². The Balaban J connectivity index is 1.70. The second kappa shape index (κ2) is 9.43. The van der Waals surface area contributed by atoms with E-state index in [-0.39, 0.29) is 35.6 Å². The van der Waals surface area contributed by atoms with Crippen LogP contribution in [0, 0.1) is 5.92 Å². The van der Waals surface area contributed by atoms with Crippen LogP contribution in [0.25, 0.3) is 0 Å². The van der Waals surface area contributed by atoms with Crippen molar-refractivity contribution in [1.29, 1.82) is 0 Å². The summed E-state index contributed by atoms with van der Waals surface area (Å²) in [5.74, 6) is 0.113. The quantitative estimate of drug-likeness (QED) is 0.685. The number of benzene rings is 2. The van der Waals surface area contributed by atoms with E-state index in [9.17, 15) is 13.2 Å². The normalized spacial score (nSPS) is 15.6. The van der Waals surface area contributed by atoms with Gasteiger partial charge in [0.25, 0.3) is 0 Å². The molecule has 0 unspecified atom stereocenters. The van der Waals surface area contributed by atoms with Crippen LogP contribution in [0.4, 0.5) is 5.69 Å². The molecule has 30 heavy (non-hydrogen) atoms. The van der Waals surface area contributed by atoms with Crippen LogP contribution in [-0.4, -0.2) is 45.9 Å². The Labute approximate surface area is 185 Å². The number of methoxy groups -OCH3 is 2. The molecule has 2 aromatic rings. The third-order valence-electron chi connectivity index (χ3n) is 5.00. The van der Waals surface area contributed by atoms with E-state index in [4.69, 9.17) is 32.7 Å². The van der Waals surface area contributed by atoms with Crippen LogP contribution in [0.2, 0.25) is 10.0 Å². The molecule has 1 aliphatic rings. The molecule has 0 radical (unpaired) electrons.